The number of carbonyl (C=O) groups excluding carboxylic acids is 1. The highest BCUT2D eigenvalue weighted by atomic mass is 19.4. The second-order valence-corrected chi connectivity index (χ2v) is 5.43. The highest BCUT2D eigenvalue weighted by Gasteiger charge is 2.35. The van der Waals surface area contributed by atoms with E-state index in [1.807, 2.05) is 0 Å². The summed E-state index contributed by atoms with van der Waals surface area (Å²) in [5.41, 5.74) is 0.225. The maximum Gasteiger partial charge on any atom is 0.416 e. The van der Waals surface area contributed by atoms with Gasteiger partial charge in [0.1, 0.15) is 0 Å². The number of nitrogens with zero attached hydrogens (tertiary/aromatic N) is 1. The van der Waals surface area contributed by atoms with Gasteiger partial charge in [0.15, 0.2) is 0 Å². The molecule has 0 aliphatic carbocycles. The standard InChI is InChI=1S/C17H18F3N3O2/c1-11-10-12(6-8-21-11)22-16(25)23-15(7-9-24)13-4-2-3-5-14(13)17(18,19)20/h2-6,8,10,15,24H,7,9H2,1H3,(H2,21,22,23,25). The summed E-state index contributed by atoms with van der Waals surface area (Å²) in [6.07, 6.45) is -3.09. The van der Waals surface area contributed by atoms with Crippen molar-refractivity contribution in [1.29, 1.82) is 0 Å². The minimum atomic E-state index is -4.55. The molecule has 0 saturated heterocycles. The molecule has 0 aliphatic heterocycles. The van der Waals surface area contributed by atoms with Gasteiger partial charge in [-0.2, -0.15) is 13.2 Å². The van der Waals surface area contributed by atoms with E-state index >= 15 is 0 Å². The van der Waals surface area contributed by atoms with Gasteiger partial charge in [0.05, 0.1) is 11.6 Å². The molecular weight excluding hydrogens is 335 g/mol. The number of aryl methyl sites for hydroxylation is 1. The molecule has 0 spiro atoms. The summed E-state index contributed by atoms with van der Waals surface area (Å²) in [6.45, 7) is 1.38. The van der Waals surface area contributed by atoms with E-state index in [1.165, 1.54) is 24.4 Å². The number of aliphatic hydroxyl groups is 1. The monoisotopic (exact) mass is 353 g/mol. The number of urea groups is 1. The third-order valence-electron chi connectivity index (χ3n) is 3.52. The van der Waals surface area contributed by atoms with Gasteiger partial charge in [-0.3, -0.25) is 4.98 Å². The first kappa shape index (κ1) is 18.7. The molecule has 0 bridgehead atoms. The Balaban J connectivity index is 2.20. The van der Waals surface area contributed by atoms with Gasteiger partial charge >= 0.3 is 12.2 Å². The number of carbonyl (C=O) groups is 1. The van der Waals surface area contributed by atoms with Crippen molar-refractivity contribution in [3.05, 3.63) is 59.4 Å². The Hall–Kier alpha value is -2.61. The molecule has 1 heterocycles. The maximum absolute atomic E-state index is 13.2. The lowest BCUT2D eigenvalue weighted by Crippen LogP contribution is -2.34. The van der Waals surface area contributed by atoms with Gasteiger partial charge in [-0.1, -0.05) is 18.2 Å². The molecule has 8 heteroatoms. The molecule has 25 heavy (non-hydrogen) atoms. The number of amides is 2. The smallest absolute Gasteiger partial charge is 0.396 e. The van der Waals surface area contributed by atoms with Crippen molar-refractivity contribution >= 4 is 11.7 Å². The van der Waals surface area contributed by atoms with Crippen LogP contribution in [0.15, 0.2) is 42.6 Å². The number of hydrogen-bond acceptors (Lipinski definition) is 3. The van der Waals surface area contributed by atoms with Crippen molar-refractivity contribution < 1.29 is 23.1 Å². The molecule has 2 aromatic rings. The molecule has 0 aliphatic rings. The first-order valence-electron chi connectivity index (χ1n) is 7.58. The predicted octanol–water partition coefficient (Wildman–Crippen LogP) is 3.65. The molecule has 0 radical (unpaired) electrons. The molecule has 5 nitrogen and oxygen atoms in total. The summed E-state index contributed by atoms with van der Waals surface area (Å²) in [5.74, 6) is 0. The van der Waals surface area contributed by atoms with Crippen molar-refractivity contribution in [3.8, 4) is 0 Å². The lowest BCUT2D eigenvalue weighted by atomic mass is 9.98. The van der Waals surface area contributed by atoms with Crippen molar-refractivity contribution in [2.45, 2.75) is 25.6 Å². The van der Waals surface area contributed by atoms with E-state index in [1.54, 1.807) is 19.1 Å². The van der Waals surface area contributed by atoms with Crippen LogP contribution in [0.25, 0.3) is 0 Å². The van der Waals surface area contributed by atoms with Crippen LogP contribution < -0.4 is 10.6 Å². The van der Waals surface area contributed by atoms with E-state index in [0.29, 0.717) is 11.4 Å². The third-order valence-corrected chi connectivity index (χ3v) is 3.52. The molecule has 134 valence electrons. The number of aromatic nitrogens is 1. The highest BCUT2D eigenvalue weighted by Crippen LogP contribution is 2.35. The molecule has 1 aromatic heterocycles. The molecule has 0 saturated carbocycles. The second-order valence-electron chi connectivity index (χ2n) is 5.43. The number of hydrogen-bond donors (Lipinski definition) is 3. The summed E-state index contributed by atoms with van der Waals surface area (Å²) < 4.78 is 39.5. The summed E-state index contributed by atoms with van der Waals surface area (Å²) in [5, 5.41) is 14.2. The SMILES string of the molecule is Cc1cc(NC(=O)NC(CCO)c2ccccc2C(F)(F)F)ccn1. The summed E-state index contributed by atoms with van der Waals surface area (Å²) in [6, 6.07) is 6.53. The molecule has 1 atom stereocenters. The summed E-state index contributed by atoms with van der Waals surface area (Å²) >= 11 is 0. The van der Waals surface area contributed by atoms with Crippen LogP contribution in [0.2, 0.25) is 0 Å². The molecule has 1 unspecified atom stereocenters. The average molecular weight is 353 g/mol. The van der Waals surface area contributed by atoms with E-state index in [2.05, 4.69) is 15.6 Å². The number of nitrogens with one attached hydrogen (secondary N) is 2. The van der Waals surface area contributed by atoms with Gasteiger partial charge in [-0.15, -0.1) is 0 Å². The van der Waals surface area contributed by atoms with Crippen molar-refractivity contribution in [2.75, 3.05) is 11.9 Å². The maximum atomic E-state index is 13.2. The number of halogens is 3. The first-order valence-corrected chi connectivity index (χ1v) is 7.58. The van der Waals surface area contributed by atoms with Gasteiger partial charge in [0.25, 0.3) is 0 Å². The zero-order valence-corrected chi connectivity index (χ0v) is 13.5. The highest BCUT2D eigenvalue weighted by molar-refractivity contribution is 5.89. The minimum Gasteiger partial charge on any atom is -0.396 e. The van der Waals surface area contributed by atoms with Crippen LogP contribution in [0.1, 0.15) is 29.3 Å². The van der Waals surface area contributed by atoms with E-state index in [0.717, 1.165) is 6.07 Å². The normalized spacial score (nSPS) is 12.5. The lowest BCUT2D eigenvalue weighted by Gasteiger charge is -2.22. The number of aliphatic hydroxyl groups excluding tert-OH is 1. The molecule has 0 fully saturated rings. The average Bonchev–Trinajstić information content (AvgIpc) is 2.53. The number of pyridine rings is 1. The van der Waals surface area contributed by atoms with Crippen LogP contribution in [-0.2, 0) is 6.18 Å². The van der Waals surface area contributed by atoms with E-state index in [9.17, 15) is 18.0 Å². The van der Waals surface area contributed by atoms with Crippen LogP contribution in [0, 0.1) is 6.92 Å². The van der Waals surface area contributed by atoms with E-state index < -0.39 is 23.8 Å². The van der Waals surface area contributed by atoms with Crippen LogP contribution in [0.5, 0.6) is 0 Å². The van der Waals surface area contributed by atoms with Gasteiger partial charge in [0.2, 0.25) is 0 Å². The van der Waals surface area contributed by atoms with Crippen LogP contribution >= 0.6 is 0 Å². The Morgan fingerprint density at radius 1 is 1.28 bits per heavy atom. The van der Waals surface area contributed by atoms with Gasteiger partial charge in [-0.05, 0) is 37.1 Å². The number of anilines is 1. The molecule has 3 N–H and O–H groups in total. The molecule has 1 aromatic carbocycles. The Morgan fingerprint density at radius 2 is 2.00 bits per heavy atom. The van der Waals surface area contributed by atoms with Gasteiger partial charge < -0.3 is 15.7 Å². The Morgan fingerprint density at radius 3 is 2.64 bits per heavy atom. The number of rotatable bonds is 5. The second kappa shape index (κ2) is 7.98. The largest absolute Gasteiger partial charge is 0.416 e. The lowest BCUT2D eigenvalue weighted by molar-refractivity contribution is -0.138. The van der Waals surface area contributed by atoms with Crippen LogP contribution in [0.3, 0.4) is 0 Å². The zero-order chi connectivity index (χ0) is 18.4. The van der Waals surface area contributed by atoms with E-state index in [-0.39, 0.29) is 18.6 Å². The van der Waals surface area contributed by atoms with Crippen LogP contribution in [0.4, 0.5) is 23.7 Å². The Kier molecular flexibility index (Phi) is 5.97. The predicted molar refractivity (Wildman–Crippen MR) is 87.0 cm³/mol. The van der Waals surface area contributed by atoms with E-state index in [4.69, 9.17) is 5.11 Å². The number of benzene rings is 1. The van der Waals surface area contributed by atoms with Crippen LogP contribution in [-0.4, -0.2) is 22.7 Å². The fourth-order valence-corrected chi connectivity index (χ4v) is 2.44. The fraction of sp³-hybridized carbons (Fsp3) is 0.294. The van der Waals surface area contributed by atoms with Gasteiger partial charge in [-0.25, -0.2) is 4.79 Å². The van der Waals surface area contributed by atoms with Crippen molar-refractivity contribution in [2.24, 2.45) is 0 Å². The third kappa shape index (κ3) is 5.18. The Bertz CT molecular complexity index is 735. The first-order chi connectivity index (χ1) is 11.8. The Labute approximate surface area is 142 Å². The number of alkyl halides is 3. The molecule has 2 rings (SSSR count). The summed E-state index contributed by atoms with van der Waals surface area (Å²) in [7, 11) is 0. The topological polar surface area (TPSA) is 74.2 Å². The zero-order valence-electron chi connectivity index (χ0n) is 13.5. The van der Waals surface area contributed by atoms with Gasteiger partial charge in [0, 0.05) is 24.2 Å². The minimum absolute atomic E-state index is 0.0457. The van der Waals surface area contributed by atoms with Crippen molar-refractivity contribution in [3.63, 3.8) is 0 Å². The molecular formula is C17H18F3N3O2. The molecule has 2 amide bonds. The summed E-state index contributed by atoms with van der Waals surface area (Å²) in [4.78, 5) is 16.1. The fourth-order valence-electron chi connectivity index (χ4n) is 2.44. The quantitative estimate of drug-likeness (QED) is 0.768. The van der Waals surface area contributed by atoms with Crippen molar-refractivity contribution in [1.82, 2.24) is 10.3 Å².